The van der Waals surface area contributed by atoms with Crippen molar-refractivity contribution in [2.24, 2.45) is 5.41 Å². The molecule has 0 aliphatic heterocycles. The van der Waals surface area contributed by atoms with Crippen LogP contribution < -0.4 is 0 Å². The fraction of sp³-hybridized carbons (Fsp3) is 0.533. The zero-order valence-corrected chi connectivity index (χ0v) is 10.2. The quantitative estimate of drug-likeness (QED) is 0.860. The van der Waals surface area contributed by atoms with E-state index in [1.807, 2.05) is 18.2 Å². The van der Waals surface area contributed by atoms with Gasteiger partial charge in [-0.15, -0.1) is 0 Å². The molecule has 0 unspecified atom stereocenters. The maximum absolute atomic E-state index is 11.5. The van der Waals surface area contributed by atoms with E-state index in [1.54, 1.807) is 0 Å². The molecule has 0 heterocycles. The van der Waals surface area contributed by atoms with Crippen LogP contribution in [0.1, 0.15) is 44.1 Å². The van der Waals surface area contributed by atoms with Gasteiger partial charge < -0.3 is 5.11 Å². The molecule has 0 aromatic heterocycles. The van der Waals surface area contributed by atoms with Crippen molar-refractivity contribution in [3.63, 3.8) is 0 Å². The number of carbonyl (C=O) groups is 1. The third-order valence-corrected chi connectivity index (χ3v) is 4.00. The molecule has 1 aliphatic rings. The van der Waals surface area contributed by atoms with Gasteiger partial charge in [-0.1, -0.05) is 49.6 Å². The Morgan fingerprint density at radius 3 is 2.35 bits per heavy atom. The summed E-state index contributed by atoms with van der Waals surface area (Å²) in [6, 6.07) is 10.2. The first-order valence-corrected chi connectivity index (χ1v) is 6.50. The first-order chi connectivity index (χ1) is 8.23. The lowest BCUT2D eigenvalue weighted by Gasteiger charge is -2.33. The van der Waals surface area contributed by atoms with Crippen LogP contribution in [0.5, 0.6) is 0 Å². The summed E-state index contributed by atoms with van der Waals surface area (Å²) in [5.74, 6) is -0.590. The SMILES string of the molecule is O=C(O)C1(CCc2ccccc2)CCCCC1. The molecule has 17 heavy (non-hydrogen) atoms. The Hall–Kier alpha value is -1.31. The highest BCUT2D eigenvalue weighted by atomic mass is 16.4. The molecule has 1 aromatic rings. The van der Waals surface area contributed by atoms with E-state index in [9.17, 15) is 9.90 Å². The molecule has 1 N–H and O–H groups in total. The van der Waals surface area contributed by atoms with Crippen molar-refractivity contribution >= 4 is 5.97 Å². The lowest BCUT2D eigenvalue weighted by molar-refractivity contribution is -0.151. The molecule has 1 fully saturated rings. The lowest BCUT2D eigenvalue weighted by Crippen LogP contribution is -2.33. The zero-order valence-electron chi connectivity index (χ0n) is 10.2. The molecule has 2 heteroatoms. The van der Waals surface area contributed by atoms with Crippen LogP contribution in [0.3, 0.4) is 0 Å². The highest BCUT2D eigenvalue weighted by Gasteiger charge is 2.38. The number of benzene rings is 1. The van der Waals surface area contributed by atoms with Crippen LogP contribution in [-0.2, 0) is 11.2 Å². The van der Waals surface area contributed by atoms with Crippen LogP contribution in [0.15, 0.2) is 30.3 Å². The molecular weight excluding hydrogens is 212 g/mol. The van der Waals surface area contributed by atoms with E-state index in [1.165, 1.54) is 12.0 Å². The first-order valence-electron chi connectivity index (χ1n) is 6.50. The smallest absolute Gasteiger partial charge is 0.309 e. The minimum atomic E-state index is -0.590. The predicted molar refractivity (Wildman–Crippen MR) is 67.9 cm³/mol. The van der Waals surface area contributed by atoms with Crippen molar-refractivity contribution in [1.82, 2.24) is 0 Å². The van der Waals surface area contributed by atoms with Crippen LogP contribution in [0.4, 0.5) is 0 Å². The third kappa shape index (κ3) is 2.87. The predicted octanol–water partition coefficient (Wildman–Crippen LogP) is 3.65. The number of carboxylic acids is 1. The van der Waals surface area contributed by atoms with E-state index >= 15 is 0 Å². The summed E-state index contributed by atoms with van der Waals surface area (Å²) in [4.78, 5) is 11.5. The Kier molecular flexibility index (Phi) is 3.82. The van der Waals surface area contributed by atoms with Crippen LogP contribution in [0.2, 0.25) is 0 Å². The zero-order chi connectivity index (χ0) is 12.1. The summed E-state index contributed by atoms with van der Waals surface area (Å²) >= 11 is 0. The first kappa shape index (κ1) is 12.2. The van der Waals surface area contributed by atoms with E-state index in [4.69, 9.17) is 0 Å². The third-order valence-electron chi connectivity index (χ3n) is 4.00. The molecule has 0 saturated heterocycles. The van der Waals surface area contributed by atoms with Crippen LogP contribution in [0.25, 0.3) is 0 Å². The van der Waals surface area contributed by atoms with Gasteiger partial charge in [-0.05, 0) is 31.2 Å². The molecule has 1 saturated carbocycles. The Balaban J connectivity index is 2.01. The largest absolute Gasteiger partial charge is 0.481 e. The van der Waals surface area contributed by atoms with Gasteiger partial charge in [0.05, 0.1) is 5.41 Å². The monoisotopic (exact) mass is 232 g/mol. The topological polar surface area (TPSA) is 37.3 Å². The number of carboxylic acid groups (broad SMARTS) is 1. The van der Waals surface area contributed by atoms with Crippen molar-refractivity contribution < 1.29 is 9.90 Å². The van der Waals surface area contributed by atoms with Gasteiger partial charge in [0.25, 0.3) is 0 Å². The summed E-state index contributed by atoms with van der Waals surface area (Å²) < 4.78 is 0. The maximum Gasteiger partial charge on any atom is 0.309 e. The Morgan fingerprint density at radius 2 is 1.76 bits per heavy atom. The van der Waals surface area contributed by atoms with Crippen molar-refractivity contribution in [2.75, 3.05) is 0 Å². The normalized spacial score (nSPS) is 18.8. The maximum atomic E-state index is 11.5. The fourth-order valence-electron chi connectivity index (χ4n) is 2.83. The Bertz CT molecular complexity index is 364. The second-order valence-corrected chi connectivity index (χ2v) is 5.13. The van der Waals surface area contributed by atoms with Gasteiger partial charge in [-0.25, -0.2) is 0 Å². The molecular formula is C15H20O2. The number of aryl methyl sites for hydroxylation is 1. The van der Waals surface area contributed by atoms with Crippen LogP contribution in [-0.4, -0.2) is 11.1 Å². The van der Waals surface area contributed by atoms with Crippen LogP contribution >= 0.6 is 0 Å². The van der Waals surface area contributed by atoms with Gasteiger partial charge in [-0.2, -0.15) is 0 Å². The van der Waals surface area contributed by atoms with Gasteiger partial charge in [0.15, 0.2) is 0 Å². The highest BCUT2D eigenvalue weighted by Crippen LogP contribution is 2.40. The molecule has 0 spiro atoms. The van der Waals surface area contributed by atoms with Crippen molar-refractivity contribution in [1.29, 1.82) is 0 Å². The standard InChI is InChI=1S/C15H20O2/c16-14(17)15(10-5-2-6-11-15)12-9-13-7-3-1-4-8-13/h1,3-4,7-8H,2,5-6,9-12H2,(H,16,17). The number of hydrogen-bond donors (Lipinski definition) is 1. The number of aliphatic carboxylic acids is 1. The van der Waals surface area contributed by atoms with Gasteiger partial charge in [0.1, 0.15) is 0 Å². The van der Waals surface area contributed by atoms with Gasteiger partial charge >= 0.3 is 5.97 Å². The molecule has 92 valence electrons. The minimum absolute atomic E-state index is 0.450. The van der Waals surface area contributed by atoms with E-state index in [2.05, 4.69) is 12.1 Å². The minimum Gasteiger partial charge on any atom is -0.481 e. The molecule has 1 aromatic carbocycles. The van der Waals surface area contributed by atoms with Gasteiger partial charge in [-0.3, -0.25) is 4.79 Å². The summed E-state index contributed by atoms with van der Waals surface area (Å²) in [6.07, 6.45) is 6.71. The highest BCUT2D eigenvalue weighted by molar-refractivity contribution is 5.74. The summed E-state index contributed by atoms with van der Waals surface area (Å²) in [6.45, 7) is 0. The van der Waals surface area contributed by atoms with E-state index < -0.39 is 11.4 Å². The van der Waals surface area contributed by atoms with Gasteiger partial charge in [0.2, 0.25) is 0 Å². The molecule has 0 atom stereocenters. The van der Waals surface area contributed by atoms with Crippen molar-refractivity contribution in [3.8, 4) is 0 Å². The number of hydrogen-bond acceptors (Lipinski definition) is 1. The summed E-state index contributed by atoms with van der Waals surface area (Å²) in [5.41, 5.74) is 0.798. The lowest BCUT2D eigenvalue weighted by atomic mass is 9.71. The fourth-order valence-corrected chi connectivity index (χ4v) is 2.83. The molecule has 0 amide bonds. The number of rotatable bonds is 4. The van der Waals surface area contributed by atoms with Gasteiger partial charge in [0, 0.05) is 0 Å². The average molecular weight is 232 g/mol. The molecule has 2 nitrogen and oxygen atoms in total. The van der Waals surface area contributed by atoms with E-state index in [0.29, 0.717) is 0 Å². The van der Waals surface area contributed by atoms with Crippen LogP contribution in [0, 0.1) is 5.41 Å². The van der Waals surface area contributed by atoms with E-state index in [0.717, 1.165) is 38.5 Å². The summed E-state index contributed by atoms with van der Waals surface area (Å²) in [7, 11) is 0. The second-order valence-electron chi connectivity index (χ2n) is 5.13. The summed E-state index contributed by atoms with van der Waals surface area (Å²) in [5, 5.41) is 9.47. The molecule has 0 radical (unpaired) electrons. The van der Waals surface area contributed by atoms with E-state index in [-0.39, 0.29) is 0 Å². The molecule has 1 aliphatic carbocycles. The second kappa shape index (κ2) is 5.35. The molecule has 2 rings (SSSR count). The Labute approximate surface area is 103 Å². The molecule has 0 bridgehead atoms. The average Bonchev–Trinajstić information content (AvgIpc) is 2.38. The van der Waals surface area contributed by atoms with Crippen molar-refractivity contribution in [3.05, 3.63) is 35.9 Å². The Morgan fingerprint density at radius 1 is 1.12 bits per heavy atom. The van der Waals surface area contributed by atoms with Crippen molar-refractivity contribution in [2.45, 2.75) is 44.9 Å².